The molecule has 264 valence electrons. The van der Waals surface area contributed by atoms with E-state index in [0.29, 0.717) is 38.3 Å². The summed E-state index contributed by atoms with van der Waals surface area (Å²) < 4.78 is 5.45. The first-order valence-corrected chi connectivity index (χ1v) is 18.0. The molecule has 2 saturated heterocycles. The number of hydrogen-bond donors (Lipinski definition) is 2. The summed E-state index contributed by atoms with van der Waals surface area (Å²) in [6, 6.07) is 23.5. The van der Waals surface area contributed by atoms with Crippen LogP contribution in [0, 0.1) is 30.6 Å². The number of allylic oxidation sites excluding steroid dienone is 2. The molecule has 6 unspecified atom stereocenters. The van der Waals surface area contributed by atoms with Crippen LogP contribution in [0.25, 0.3) is 0 Å². The number of aromatic hydroxyl groups is 1. The van der Waals surface area contributed by atoms with Gasteiger partial charge in [0.1, 0.15) is 11.5 Å². The number of benzene rings is 4. The number of carbonyl (C=O) groups excluding carboxylic acids is 4. The number of phenols is 1. The molecule has 8 rings (SSSR count). The van der Waals surface area contributed by atoms with E-state index in [4.69, 9.17) is 39.5 Å². The summed E-state index contributed by atoms with van der Waals surface area (Å²) in [6.45, 7) is 1.84. The topological polar surface area (TPSA) is 116 Å². The summed E-state index contributed by atoms with van der Waals surface area (Å²) in [6.07, 6.45) is 2.32. The van der Waals surface area contributed by atoms with Gasteiger partial charge in [-0.2, -0.15) is 5.01 Å². The molecule has 4 aliphatic rings. The number of hydrazine groups is 1. The van der Waals surface area contributed by atoms with Crippen LogP contribution in [0.1, 0.15) is 35.4 Å². The van der Waals surface area contributed by atoms with Gasteiger partial charge in [-0.15, -0.1) is 0 Å². The Bertz CT molecular complexity index is 2220. The maximum absolute atomic E-state index is 15.3. The van der Waals surface area contributed by atoms with E-state index in [9.17, 15) is 19.5 Å². The minimum absolute atomic E-state index is 0.0235. The van der Waals surface area contributed by atoms with Gasteiger partial charge < -0.3 is 9.84 Å². The van der Waals surface area contributed by atoms with Gasteiger partial charge in [-0.25, -0.2) is 4.90 Å². The van der Waals surface area contributed by atoms with Crippen molar-refractivity contribution in [1.82, 2.24) is 5.01 Å². The van der Waals surface area contributed by atoms with Crippen LogP contribution in [-0.4, -0.2) is 40.9 Å². The smallest absolute Gasteiger partial charge is 0.260 e. The Morgan fingerprint density at radius 2 is 1.62 bits per heavy atom. The molecule has 3 fully saturated rings. The number of halogens is 3. The SMILES string of the molecule is COc1ccc(C23C(=O)N(Nc4ccc(Cl)cc4Cl)C(=O)C2CC2C(=CCC4C(=O)N(c5ccc(C)c(Cl)c5)C(=O)C42)C3c2cccc(O)c2)cc1. The van der Waals surface area contributed by atoms with Gasteiger partial charge in [-0.1, -0.05) is 76.8 Å². The lowest BCUT2D eigenvalue weighted by Crippen LogP contribution is -2.53. The number of hydrogen-bond acceptors (Lipinski definition) is 7. The van der Waals surface area contributed by atoms with Crippen LogP contribution >= 0.6 is 34.8 Å². The normalized spacial score (nSPS) is 26.6. The first kappa shape index (κ1) is 34.3. The average Bonchev–Trinajstić information content (AvgIpc) is 3.51. The molecule has 0 radical (unpaired) electrons. The molecular formula is C40H32Cl3N3O6. The maximum atomic E-state index is 15.3. The predicted octanol–water partition coefficient (Wildman–Crippen LogP) is 7.86. The summed E-state index contributed by atoms with van der Waals surface area (Å²) in [5.74, 6) is -5.08. The van der Waals surface area contributed by atoms with E-state index in [1.807, 2.05) is 19.1 Å². The van der Waals surface area contributed by atoms with Gasteiger partial charge in [-0.05, 0) is 97.0 Å². The highest BCUT2D eigenvalue weighted by atomic mass is 35.5. The fraction of sp³-hybridized carbons (Fsp3) is 0.250. The monoisotopic (exact) mass is 755 g/mol. The molecule has 2 aliphatic carbocycles. The van der Waals surface area contributed by atoms with Gasteiger partial charge in [0.25, 0.3) is 11.8 Å². The highest BCUT2D eigenvalue weighted by Gasteiger charge is 2.70. The summed E-state index contributed by atoms with van der Waals surface area (Å²) in [4.78, 5) is 59.9. The zero-order chi connectivity index (χ0) is 36.6. The lowest BCUT2D eigenvalue weighted by atomic mass is 9.49. The number of carbonyl (C=O) groups is 4. The second kappa shape index (κ2) is 12.7. The van der Waals surface area contributed by atoms with Crippen LogP contribution < -0.4 is 15.1 Å². The van der Waals surface area contributed by atoms with Gasteiger partial charge in [-0.3, -0.25) is 24.6 Å². The number of fused-ring (bicyclic) bond motifs is 4. The molecule has 52 heavy (non-hydrogen) atoms. The fourth-order valence-electron chi connectivity index (χ4n) is 8.90. The second-order valence-corrected chi connectivity index (χ2v) is 15.0. The minimum Gasteiger partial charge on any atom is -0.508 e. The van der Waals surface area contributed by atoms with E-state index < -0.39 is 46.8 Å². The Kier molecular flexibility index (Phi) is 8.36. The first-order valence-electron chi connectivity index (χ1n) is 16.8. The van der Waals surface area contributed by atoms with Crippen molar-refractivity contribution < 1.29 is 29.0 Å². The van der Waals surface area contributed by atoms with Crippen molar-refractivity contribution in [3.8, 4) is 11.5 Å². The number of amides is 4. The molecular weight excluding hydrogens is 725 g/mol. The van der Waals surface area contributed by atoms with Gasteiger partial charge in [0.05, 0.1) is 46.7 Å². The van der Waals surface area contributed by atoms with E-state index in [1.54, 1.807) is 73.8 Å². The van der Waals surface area contributed by atoms with Crippen molar-refractivity contribution in [2.24, 2.45) is 23.7 Å². The van der Waals surface area contributed by atoms with E-state index in [-0.39, 0.29) is 35.4 Å². The third-order valence-corrected chi connectivity index (χ3v) is 12.2. The molecule has 1 saturated carbocycles. The molecule has 0 spiro atoms. The van der Waals surface area contributed by atoms with Gasteiger partial charge in [0.2, 0.25) is 11.8 Å². The summed E-state index contributed by atoms with van der Waals surface area (Å²) >= 11 is 19.1. The van der Waals surface area contributed by atoms with Crippen LogP contribution in [0.15, 0.2) is 96.6 Å². The largest absolute Gasteiger partial charge is 0.508 e. The third kappa shape index (κ3) is 5.04. The molecule has 4 amide bonds. The van der Waals surface area contributed by atoms with Crippen molar-refractivity contribution >= 4 is 69.8 Å². The predicted molar refractivity (Wildman–Crippen MR) is 197 cm³/mol. The zero-order valence-electron chi connectivity index (χ0n) is 28.0. The average molecular weight is 757 g/mol. The zero-order valence-corrected chi connectivity index (χ0v) is 30.2. The van der Waals surface area contributed by atoms with E-state index in [2.05, 4.69) is 5.43 Å². The van der Waals surface area contributed by atoms with E-state index in [1.165, 1.54) is 17.0 Å². The second-order valence-electron chi connectivity index (χ2n) is 13.8. The number of aryl methyl sites for hydroxylation is 1. The van der Waals surface area contributed by atoms with Crippen LogP contribution in [0.4, 0.5) is 11.4 Å². The lowest BCUT2D eigenvalue weighted by Gasteiger charge is -2.50. The van der Waals surface area contributed by atoms with Gasteiger partial charge >= 0.3 is 0 Å². The number of ether oxygens (including phenoxy) is 1. The molecule has 2 N–H and O–H groups in total. The first-order chi connectivity index (χ1) is 24.9. The Labute approximate surface area is 314 Å². The fourth-order valence-corrected chi connectivity index (χ4v) is 9.52. The molecule has 2 aliphatic heterocycles. The van der Waals surface area contributed by atoms with Crippen molar-refractivity contribution in [3.63, 3.8) is 0 Å². The number of anilines is 2. The van der Waals surface area contributed by atoms with Crippen LogP contribution in [0.3, 0.4) is 0 Å². The maximum Gasteiger partial charge on any atom is 0.260 e. The number of imide groups is 2. The Hall–Kier alpha value is -4.83. The highest BCUT2D eigenvalue weighted by Crippen LogP contribution is 2.64. The Morgan fingerprint density at radius 1 is 0.846 bits per heavy atom. The quantitative estimate of drug-likeness (QED) is 0.152. The van der Waals surface area contributed by atoms with Crippen molar-refractivity contribution in [1.29, 1.82) is 0 Å². The lowest BCUT2D eigenvalue weighted by molar-refractivity contribution is -0.138. The van der Waals surface area contributed by atoms with Gasteiger partial charge in [0.15, 0.2) is 0 Å². The molecule has 2 heterocycles. The summed E-state index contributed by atoms with van der Waals surface area (Å²) in [5, 5.41) is 12.8. The number of rotatable bonds is 6. The standard InChI is InChI=1S/C40H32Cl3N3O6/c1-20-6-10-24(18-31(20)42)45-36(48)28-14-13-27-29(34(28)38(45)50)19-30-37(49)46(44-33-15-9-23(41)17-32(33)43)39(51)40(30,22-7-11-26(52-2)12-8-22)35(27)21-4-3-5-25(47)16-21/h3-13,15-18,28-30,34-35,44,47H,14,19H2,1-2H3. The number of phenolic OH excluding ortho intramolecular Hbond substituents is 1. The third-order valence-electron chi connectivity index (χ3n) is 11.2. The number of nitrogens with zero attached hydrogens (tertiary/aromatic N) is 2. The van der Waals surface area contributed by atoms with Crippen molar-refractivity contribution in [2.45, 2.75) is 31.1 Å². The summed E-state index contributed by atoms with van der Waals surface area (Å²) in [5.41, 5.74) is 4.85. The Balaban J connectivity index is 1.32. The number of methoxy groups -OCH3 is 1. The van der Waals surface area contributed by atoms with Crippen LogP contribution in [0.5, 0.6) is 11.5 Å². The van der Waals surface area contributed by atoms with Crippen LogP contribution in [0.2, 0.25) is 15.1 Å². The minimum atomic E-state index is -1.53. The highest BCUT2D eigenvalue weighted by molar-refractivity contribution is 6.36. The van der Waals surface area contributed by atoms with Gasteiger partial charge in [0, 0.05) is 16.0 Å². The molecule has 0 aromatic heterocycles. The molecule has 6 atom stereocenters. The Morgan fingerprint density at radius 3 is 2.31 bits per heavy atom. The molecule has 12 heteroatoms. The van der Waals surface area contributed by atoms with Crippen molar-refractivity contribution in [3.05, 3.63) is 128 Å². The molecule has 4 aromatic rings. The van der Waals surface area contributed by atoms with E-state index >= 15 is 4.79 Å². The van der Waals surface area contributed by atoms with Crippen molar-refractivity contribution in [2.75, 3.05) is 17.4 Å². The summed E-state index contributed by atoms with van der Waals surface area (Å²) in [7, 11) is 1.54. The molecule has 0 bridgehead atoms. The van der Waals surface area contributed by atoms with E-state index in [0.717, 1.165) is 16.1 Å². The molecule has 4 aromatic carbocycles. The molecule has 9 nitrogen and oxygen atoms in total. The number of nitrogens with one attached hydrogen (secondary N) is 1. The van der Waals surface area contributed by atoms with Crippen LogP contribution in [-0.2, 0) is 24.6 Å².